The summed E-state index contributed by atoms with van der Waals surface area (Å²) < 4.78 is 5.72. The van der Waals surface area contributed by atoms with Crippen molar-refractivity contribution in [3.05, 3.63) is 66.2 Å². The van der Waals surface area contributed by atoms with Gasteiger partial charge < -0.3 is 15.0 Å². The number of nitrogens with one attached hydrogen (secondary N) is 1. The van der Waals surface area contributed by atoms with Crippen LogP contribution >= 0.6 is 0 Å². The van der Waals surface area contributed by atoms with Gasteiger partial charge in [-0.1, -0.05) is 48.5 Å². The van der Waals surface area contributed by atoms with Crippen LogP contribution in [-0.2, 0) is 16.0 Å². The second kappa shape index (κ2) is 8.17. The van der Waals surface area contributed by atoms with E-state index >= 15 is 0 Å². The molecule has 2 aromatic rings. The monoisotopic (exact) mass is 338 g/mol. The summed E-state index contributed by atoms with van der Waals surface area (Å²) in [6.07, 6.45) is 2.63. The van der Waals surface area contributed by atoms with Crippen LogP contribution < -0.4 is 5.32 Å². The molecule has 0 spiro atoms. The number of para-hydroxylation sites is 1. The highest BCUT2D eigenvalue weighted by molar-refractivity contribution is 5.67. The molecule has 1 aliphatic heterocycles. The van der Waals surface area contributed by atoms with Crippen molar-refractivity contribution in [2.45, 2.75) is 31.9 Å². The van der Waals surface area contributed by atoms with Gasteiger partial charge in [0, 0.05) is 45.1 Å². The molecule has 0 aromatic heterocycles. The van der Waals surface area contributed by atoms with E-state index in [1.54, 1.807) is 0 Å². The lowest BCUT2D eigenvalue weighted by atomic mass is 9.98. The van der Waals surface area contributed by atoms with E-state index in [0.717, 1.165) is 44.6 Å². The van der Waals surface area contributed by atoms with Crippen LogP contribution in [0.2, 0.25) is 0 Å². The quantitative estimate of drug-likeness (QED) is 0.644. The molecule has 0 radical (unpaired) electrons. The lowest BCUT2D eigenvalue weighted by Gasteiger charge is -2.42. The Bertz CT molecular complexity index is 665. The number of rotatable bonds is 6. The molecular weight excluding hydrogens is 312 g/mol. The van der Waals surface area contributed by atoms with Crippen molar-refractivity contribution in [1.29, 1.82) is 0 Å². The van der Waals surface area contributed by atoms with Crippen molar-refractivity contribution in [2.75, 3.05) is 25.0 Å². The normalized spacial score (nSPS) is 17.0. The van der Waals surface area contributed by atoms with E-state index in [2.05, 4.69) is 34.5 Å². The minimum Gasteiger partial charge on any atom is -0.439 e. The topological polar surface area (TPSA) is 41.6 Å². The molecule has 4 heteroatoms. The zero-order valence-corrected chi connectivity index (χ0v) is 14.8. The summed E-state index contributed by atoms with van der Waals surface area (Å²) in [5.41, 5.74) is 1.75. The maximum absolute atomic E-state index is 11.6. The van der Waals surface area contributed by atoms with Crippen LogP contribution in [0.5, 0.6) is 0 Å². The number of esters is 1. The summed E-state index contributed by atoms with van der Waals surface area (Å²) in [5, 5.41) is 3.45. The lowest BCUT2D eigenvalue weighted by Crippen LogP contribution is -2.52. The predicted octanol–water partition coefficient (Wildman–Crippen LogP) is 3.70. The van der Waals surface area contributed by atoms with Gasteiger partial charge in [0.05, 0.1) is 0 Å². The molecule has 0 bridgehead atoms. The molecule has 1 saturated heterocycles. The fraction of sp³-hybridized carbons (Fsp3) is 0.381. The summed E-state index contributed by atoms with van der Waals surface area (Å²) >= 11 is 0. The first-order chi connectivity index (χ1) is 12.2. The average Bonchev–Trinajstić information content (AvgIpc) is 2.62. The first kappa shape index (κ1) is 17.5. The number of carbonyl (C=O) groups is 1. The molecule has 2 aromatic carbocycles. The first-order valence-electron chi connectivity index (χ1n) is 8.94. The van der Waals surface area contributed by atoms with E-state index in [1.165, 1.54) is 12.5 Å². The van der Waals surface area contributed by atoms with Gasteiger partial charge in [0.2, 0.25) is 0 Å². The van der Waals surface area contributed by atoms with Crippen molar-refractivity contribution in [1.82, 2.24) is 4.90 Å². The molecule has 1 N–H and O–H groups in total. The SMILES string of the molecule is CC(=O)OC1(Nc2ccccc2)CCN(CCc2ccccc2)CC1. The van der Waals surface area contributed by atoms with Crippen LogP contribution in [0.3, 0.4) is 0 Å². The Morgan fingerprint density at radius 3 is 2.24 bits per heavy atom. The fourth-order valence-corrected chi connectivity index (χ4v) is 3.38. The van der Waals surface area contributed by atoms with Crippen LogP contribution in [-0.4, -0.2) is 36.2 Å². The number of nitrogens with zero attached hydrogens (tertiary/aromatic N) is 1. The Hall–Kier alpha value is -2.33. The number of hydrogen-bond donors (Lipinski definition) is 1. The van der Waals surface area contributed by atoms with Gasteiger partial charge in [-0.05, 0) is 24.1 Å². The van der Waals surface area contributed by atoms with Gasteiger partial charge in [-0.2, -0.15) is 0 Å². The molecular formula is C21H26N2O2. The van der Waals surface area contributed by atoms with E-state index in [9.17, 15) is 4.79 Å². The summed E-state index contributed by atoms with van der Waals surface area (Å²) in [6.45, 7) is 4.35. The van der Waals surface area contributed by atoms with Crippen LogP contribution in [0.1, 0.15) is 25.3 Å². The highest BCUT2D eigenvalue weighted by Crippen LogP contribution is 2.28. The zero-order valence-electron chi connectivity index (χ0n) is 14.8. The Morgan fingerprint density at radius 2 is 1.64 bits per heavy atom. The summed E-state index contributed by atoms with van der Waals surface area (Å²) in [5.74, 6) is -0.235. The van der Waals surface area contributed by atoms with Crippen LogP contribution in [0.25, 0.3) is 0 Å². The molecule has 3 rings (SSSR count). The zero-order chi connectivity index (χ0) is 17.5. The van der Waals surface area contributed by atoms with Crippen molar-refractivity contribution in [2.24, 2.45) is 0 Å². The fourth-order valence-electron chi connectivity index (χ4n) is 3.38. The van der Waals surface area contributed by atoms with E-state index in [-0.39, 0.29) is 5.97 Å². The van der Waals surface area contributed by atoms with Gasteiger partial charge in [-0.15, -0.1) is 0 Å². The number of benzene rings is 2. The average molecular weight is 338 g/mol. The molecule has 4 nitrogen and oxygen atoms in total. The molecule has 1 fully saturated rings. The largest absolute Gasteiger partial charge is 0.439 e. The summed E-state index contributed by atoms with van der Waals surface area (Å²) in [4.78, 5) is 14.1. The van der Waals surface area contributed by atoms with Gasteiger partial charge in [0.1, 0.15) is 0 Å². The Morgan fingerprint density at radius 1 is 1.04 bits per heavy atom. The van der Waals surface area contributed by atoms with E-state index in [0.29, 0.717) is 0 Å². The molecule has 0 saturated carbocycles. The minimum atomic E-state index is -0.601. The Labute approximate surface area is 149 Å². The number of carbonyl (C=O) groups excluding carboxylic acids is 1. The number of anilines is 1. The number of ether oxygens (including phenoxy) is 1. The van der Waals surface area contributed by atoms with Crippen molar-refractivity contribution >= 4 is 11.7 Å². The van der Waals surface area contributed by atoms with Crippen LogP contribution in [0, 0.1) is 0 Å². The molecule has 132 valence electrons. The summed E-state index contributed by atoms with van der Waals surface area (Å²) in [7, 11) is 0. The van der Waals surface area contributed by atoms with Gasteiger partial charge in [-0.25, -0.2) is 0 Å². The van der Waals surface area contributed by atoms with Crippen LogP contribution in [0.4, 0.5) is 5.69 Å². The number of likely N-dealkylation sites (tertiary alicyclic amines) is 1. The maximum Gasteiger partial charge on any atom is 0.304 e. The maximum atomic E-state index is 11.6. The molecule has 0 unspecified atom stereocenters. The highest BCUT2D eigenvalue weighted by Gasteiger charge is 2.37. The minimum absolute atomic E-state index is 0.235. The first-order valence-corrected chi connectivity index (χ1v) is 8.94. The molecule has 0 aliphatic carbocycles. The third kappa shape index (κ3) is 5.07. The molecule has 0 atom stereocenters. The number of piperidine rings is 1. The van der Waals surface area contributed by atoms with Gasteiger partial charge in [-0.3, -0.25) is 4.79 Å². The molecule has 0 amide bonds. The Kier molecular flexibility index (Phi) is 5.71. The van der Waals surface area contributed by atoms with Gasteiger partial charge in [0.15, 0.2) is 5.72 Å². The Balaban J connectivity index is 1.58. The number of hydrogen-bond acceptors (Lipinski definition) is 4. The second-order valence-corrected chi connectivity index (χ2v) is 6.66. The predicted molar refractivity (Wildman–Crippen MR) is 100 cm³/mol. The van der Waals surface area contributed by atoms with Gasteiger partial charge >= 0.3 is 5.97 Å². The molecule has 1 heterocycles. The van der Waals surface area contributed by atoms with E-state index < -0.39 is 5.72 Å². The third-order valence-corrected chi connectivity index (χ3v) is 4.71. The van der Waals surface area contributed by atoms with Crippen molar-refractivity contribution in [3.8, 4) is 0 Å². The van der Waals surface area contributed by atoms with Gasteiger partial charge in [0.25, 0.3) is 0 Å². The van der Waals surface area contributed by atoms with Crippen LogP contribution in [0.15, 0.2) is 60.7 Å². The third-order valence-electron chi connectivity index (χ3n) is 4.71. The summed E-state index contributed by atoms with van der Waals surface area (Å²) in [6, 6.07) is 20.5. The van der Waals surface area contributed by atoms with Crippen molar-refractivity contribution < 1.29 is 9.53 Å². The molecule has 1 aliphatic rings. The smallest absolute Gasteiger partial charge is 0.304 e. The van der Waals surface area contributed by atoms with Crippen molar-refractivity contribution in [3.63, 3.8) is 0 Å². The van der Waals surface area contributed by atoms with E-state index in [4.69, 9.17) is 4.74 Å². The molecule has 25 heavy (non-hydrogen) atoms. The van der Waals surface area contributed by atoms with E-state index in [1.807, 2.05) is 36.4 Å². The second-order valence-electron chi connectivity index (χ2n) is 6.66. The standard InChI is InChI=1S/C21H26N2O2/c1-18(24)25-21(22-20-10-6-3-7-11-20)13-16-23(17-14-21)15-12-19-8-4-2-5-9-19/h2-11,22H,12-17H2,1H3. The lowest BCUT2D eigenvalue weighted by molar-refractivity contribution is -0.158. The highest BCUT2D eigenvalue weighted by atomic mass is 16.6.